The third-order valence-corrected chi connectivity index (χ3v) is 3.29. The Hall–Kier alpha value is -2.57. The number of fused-ring (bicyclic) bond motifs is 1. The van der Waals surface area contributed by atoms with Gasteiger partial charge in [0.1, 0.15) is 17.5 Å². The molecule has 0 saturated carbocycles. The van der Waals surface area contributed by atoms with Gasteiger partial charge in [-0.15, -0.1) is 0 Å². The van der Waals surface area contributed by atoms with Gasteiger partial charge in [0.2, 0.25) is 0 Å². The smallest absolute Gasteiger partial charge is 0.318 e. The normalized spacial score (nSPS) is 14.9. The monoisotopic (exact) mass is 293 g/mol. The summed E-state index contributed by atoms with van der Waals surface area (Å²) in [5, 5.41) is 0. The van der Waals surface area contributed by atoms with E-state index in [-0.39, 0.29) is 11.1 Å². The van der Waals surface area contributed by atoms with E-state index in [1.165, 1.54) is 12.1 Å². The summed E-state index contributed by atoms with van der Waals surface area (Å²) in [5.41, 5.74) is -0.415. The number of rotatable bonds is 4. The van der Waals surface area contributed by atoms with Gasteiger partial charge in [0.05, 0.1) is 18.2 Å². The maximum Gasteiger partial charge on any atom is 0.318 e. The highest BCUT2D eigenvalue weighted by Gasteiger charge is 2.41. The molecular formula is C14H12FNO5. The summed E-state index contributed by atoms with van der Waals surface area (Å²) in [4.78, 5) is 47.9. The SMILES string of the molecule is COC(=O)[C@@H](CN1C(=O)c2cccc(F)c2C1=O)C(C)=O. The molecule has 7 heteroatoms. The second-order valence-corrected chi connectivity index (χ2v) is 4.57. The van der Waals surface area contributed by atoms with Crippen molar-refractivity contribution in [3.63, 3.8) is 0 Å². The topological polar surface area (TPSA) is 80.8 Å². The van der Waals surface area contributed by atoms with Crippen LogP contribution in [0.25, 0.3) is 0 Å². The standard InChI is InChI=1S/C14H12FNO5/c1-7(17)9(14(20)21-2)6-16-12(18)8-4-3-5-10(15)11(8)13(16)19/h3-5,9H,6H2,1-2H3/t9-/m0/s1. The number of carbonyl (C=O) groups excluding carboxylic acids is 4. The summed E-state index contributed by atoms with van der Waals surface area (Å²) < 4.78 is 18.1. The Bertz CT molecular complexity index is 655. The molecule has 2 rings (SSSR count). The first-order chi connectivity index (χ1) is 9.88. The molecule has 110 valence electrons. The third kappa shape index (κ3) is 2.42. The Morgan fingerprint density at radius 2 is 1.95 bits per heavy atom. The van der Waals surface area contributed by atoms with Gasteiger partial charge in [0, 0.05) is 6.54 Å². The summed E-state index contributed by atoms with van der Waals surface area (Å²) in [6.45, 7) is 0.689. The molecule has 0 bridgehead atoms. The number of methoxy groups -OCH3 is 1. The number of imide groups is 1. The maximum atomic E-state index is 13.7. The van der Waals surface area contributed by atoms with Crippen molar-refractivity contribution in [1.82, 2.24) is 4.90 Å². The van der Waals surface area contributed by atoms with Gasteiger partial charge in [-0.3, -0.25) is 24.1 Å². The van der Waals surface area contributed by atoms with Crippen LogP contribution in [0.4, 0.5) is 4.39 Å². The van der Waals surface area contributed by atoms with Crippen molar-refractivity contribution in [1.29, 1.82) is 0 Å². The average molecular weight is 293 g/mol. The Morgan fingerprint density at radius 3 is 2.48 bits per heavy atom. The lowest BCUT2D eigenvalue weighted by molar-refractivity contribution is -0.149. The van der Waals surface area contributed by atoms with Crippen molar-refractivity contribution in [3.05, 3.63) is 35.1 Å². The minimum atomic E-state index is -1.28. The van der Waals surface area contributed by atoms with Gasteiger partial charge < -0.3 is 4.74 Å². The van der Waals surface area contributed by atoms with Gasteiger partial charge in [-0.05, 0) is 19.1 Å². The van der Waals surface area contributed by atoms with E-state index in [1.807, 2.05) is 0 Å². The van der Waals surface area contributed by atoms with Crippen LogP contribution in [0.1, 0.15) is 27.6 Å². The van der Waals surface area contributed by atoms with Crippen LogP contribution in [0, 0.1) is 11.7 Å². The second kappa shape index (κ2) is 5.43. The number of Topliss-reactive ketones (excluding diaryl/α,β-unsaturated/α-hetero) is 1. The Labute approximate surface area is 119 Å². The number of ketones is 1. The highest BCUT2D eigenvalue weighted by Crippen LogP contribution is 2.26. The lowest BCUT2D eigenvalue weighted by Gasteiger charge is -2.18. The van der Waals surface area contributed by atoms with Crippen molar-refractivity contribution in [3.8, 4) is 0 Å². The molecule has 0 unspecified atom stereocenters. The maximum absolute atomic E-state index is 13.7. The second-order valence-electron chi connectivity index (χ2n) is 4.57. The van der Waals surface area contributed by atoms with E-state index in [9.17, 15) is 23.6 Å². The fourth-order valence-corrected chi connectivity index (χ4v) is 2.15. The van der Waals surface area contributed by atoms with Gasteiger partial charge in [-0.2, -0.15) is 0 Å². The van der Waals surface area contributed by atoms with E-state index in [0.717, 1.165) is 20.1 Å². The zero-order chi connectivity index (χ0) is 15.7. The van der Waals surface area contributed by atoms with Crippen molar-refractivity contribution < 1.29 is 28.3 Å². The lowest BCUT2D eigenvalue weighted by Crippen LogP contribution is -2.40. The molecule has 1 atom stereocenters. The number of ether oxygens (including phenoxy) is 1. The fraction of sp³-hybridized carbons (Fsp3) is 0.286. The quantitative estimate of drug-likeness (QED) is 0.466. The highest BCUT2D eigenvalue weighted by atomic mass is 19.1. The molecule has 1 aliphatic rings. The van der Waals surface area contributed by atoms with E-state index in [2.05, 4.69) is 4.74 Å². The van der Waals surface area contributed by atoms with Crippen LogP contribution in [-0.2, 0) is 14.3 Å². The molecule has 2 amide bonds. The first-order valence-electron chi connectivity index (χ1n) is 6.11. The predicted molar refractivity (Wildman–Crippen MR) is 68.0 cm³/mol. The molecule has 1 heterocycles. The minimum absolute atomic E-state index is 0.0767. The summed E-state index contributed by atoms with van der Waals surface area (Å²) in [5.74, 6) is -5.07. The molecule has 6 nitrogen and oxygen atoms in total. The molecule has 0 fully saturated rings. The number of benzene rings is 1. The number of amides is 2. The molecule has 0 aromatic heterocycles. The van der Waals surface area contributed by atoms with Crippen LogP contribution < -0.4 is 0 Å². The molecular weight excluding hydrogens is 281 g/mol. The van der Waals surface area contributed by atoms with Gasteiger partial charge in [0.25, 0.3) is 11.8 Å². The van der Waals surface area contributed by atoms with Gasteiger partial charge in [-0.25, -0.2) is 4.39 Å². The van der Waals surface area contributed by atoms with Crippen LogP contribution in [-0.4, -0.2) is 42.1 Å². The van der Waals surface area contributed by atoms with E-state index in [0.29, 0.717) is 4.90 Å². The summed E-state index contributed by atoms with van der Waals surface area (Å²) in [6.07, 6.45) is 0. The van der Waals surface area contributed by atoms with E-state index < -0.39 is 41.8 Å². The van der Waals surface area contributed by atoms with Crippen LogP contribution >= 0.6 is 0 Å². The molecule has 0 saturated heterocycles. The third-order valence-electron chi connectivity index (χ3n) is 3.29. The first-order valence-corrected chi connectivity index (χ1v) is 6.11. The number of halogens is 1. The van der Waals surface area contributed by atoms with Crippen LogP contribution in [0.2, 0.25) is 0 Å². The number of esters is 1. The van der Waals surface area contributed by atoms with E-state index >= 15 is 0 Å². The molecule has 21 heavy (non-hydrogen) atoms. The van der Waals surface area contributed by atoms with Crippen LogP contribution in [0.15, 0.2) is 18.2 Å². The number of carbonyl (C=O) groups is 4. The van der Waals surface area contributed by atoms with Gasteiger partial charge in [-0.1, -0.05) is 6.07 Å². The molecule has 0 N–H and O–H groups in total. The lowest BCUT2D eigenvalue weighted by atomic mass is 10.1. The Kier molecular flexibility index (Phi) is 3.84. The van der Waals surface area contributed by atoms with Crippen molar-refractivity contribution in [2.24, 2.45) is 5.92 Å². The summed E-state index contributed by atoms with van der Waals surface area (Å²) in [6, 6.07) is 3.70. The molecule has 0 spiro atoms. The molecule has 1 aromatic rings. The molecule has 1 aliphatic heterocycles. The van der Waals surface area contributed by atoms with E-state index in [4.69, 9.17) is 0 Å². The summed E-state index contributed by atoms with van der Waals surface area (Å²) in [7, 11) is 1.10. The zero-order valence-electron chi connectivity index (χ0n) is 11.4. The first kappa shape index (κ1) is 14.8. The fourth-order valence-electron chi connectivity index (χ4n) is 2.15. The Morgan fingerprint density at radius 1 is 1.29 bits per heavy atom. The van der Waals surface area contributed by atoms with Crippen molar-refractivity contribution in [2.45, 2.75) is 6.92 Å². The zero-order valence-corrected chi connectivity index (χ0v) is 11.4. The number of hydrogen-bond acceptors (Lipinski definition) is 5. The van der Waals surface area contributed by atoms with Gasteiger partial charge >= 0.3 is 5.97 Å². The number of hydrogen-bond donors (Lipinski definition) is 0. The molecule has 0 radical (unpaired) electrons. The van der Waals surface area contributed by atoms with E-state index in [1.54, 1.807) is 0 Å². The molecule has 0 aliphatic carbocycles. The molecule has 1 aromatic carbocycles. The highest BCUT2D eigenvalue weighted by molar-refractivity contribution is 6.21. The van der Waals surface area contributed by atoms with Crippen molar-refractivity contribution >= 4 is 23.6 Å². The summed E-state index contributed by atoms with van der Waals surface area (Å²) >= 11 is 0. The van der Waals surface area contributed by atoms with Crippen molar-refractivity contribution in [2.75, 3.05) is 13.7 Å². The largest absolute Gasteiger partial charge is 0.468 e. The van der Waals surface area contributed by atoms with Crippen LogP contribution in [0.3, 0.4) is 0 Å². The van der Waals surface area contributed by atoms with Gasteiger partial charge in [0.15, 0.2) is 0 Å². The predicted octanol–water partition coefficient (Wildman–Crippen LogP) is 0.800. The average Bonchev–Trinajstić information content (AvgIpc) is 2.68. The Balaban J connectivity index is 2.34. The van der Waals surface area contributed by atoms with Crippen LogP contribution in [0.5, 0.6) is 0 Å². The number of nitrogens with zero attached hydrogens (tertiary/aromatic N) is 1. The minimum Gasteiger partial charge on any atom is -0.468 e.